The Morgan fingerprint density at radius 3 is 1.48 bits per heavy atom. The SMILES string of the molecule is c1ccc(-c2cc(-c3ccc(-c4ccc5ccccc5c4)cc3)c(-c3ccccc3)c3c2-c2cccc4cccc-3c24)cc1. The zero-order chi connectivity index (χ0) is 29.0. The summed E-state index contributed by atoms with van der Waals surface area (Å²) < 4.78 is 0. The molecule has 0 radical (unpaired) electrons. The molecule has 0 nitrogen and oxygen atoms in total. The number of fused-ring (bicyclic) bond motifs is 4. The van der Waals surface area contributed by atoms with E-state index in [0.717, 1.165) is 0 Å². The van der Waals surface area contributed by atoms with Gasteiger partial charge in [-0.05, 0) is 100 Å². The fourth-order valence-electron chi connectivity index (χ4n) is 7.18. The second-order valence-corrected chi connectivity index (χ2v) is 11.7. The van der Waals surface area contributed by atoms with Crippen molar-refractivity contribution < 1.29 is 0 Å². The summed E-state index contributed by atoms with van der Waals surface area (Å²) in [5.74, 6) is 0. The summed E-state index contributed by atoms with van der Waals surface area (Å²) in [6.07, 6.45) is 0. The minimum Gasteiger partial charge on any atom is -0.0622 e. The molecule has 0 heterocycles. The Morgan fingerprint density at radius 2 is 0.750 bits per heavy atom. The van der Waals surface area contributed by atoms with Crippen molar-refractivity contribution in [3.8, 4) is 66.8 Å². The number of hydrogen-bond acceptors (Lipinski definition) is 0. The highest BCUT2D eigenvalue weighted by Crippen LogP contribution is 2.57. The standard InChI is InChI=1S/C44H28/c1-3-12-31(13-4-1)40-28-39(32-24-21-30(22-25-32)36-26-23-29-11-7-8-16-35(29)27-36)42(34-14-5-2-6-15-34)44-38-20-10-18-33-17-9-19-37(41(33)38)43(40)44/h1-28H. The topological polar surface area (TPSA) is 0 Å². The molecule has 0 saturated heterocycles. The molecule has 0 N–H and O–H groups in total. The van der Waals surface area contributed by atoms with Crippen LogP contribution in [0.25, 0.3) is 88.3 Å². The molecule has 0 bridgehead atoms. The lowest BCUT2D eigenvalue weighted by molar-refractivity contribution is 1.56. The van der Waals surface area contributed by atoms with E-state index >= 15 is 0 Å². The molecule has 0 aliphatic heterocycles. The Kier molecular flexibility index (Phi) is 5.61. The molecular weight excluding hydrogens is 528 g/mol. The van der Waals surface area contributed by atoms with E-state index in [1.807, 2.05) is 0 Å². The van der Waals surface area contributed by atoms with Gasteiger partial charge >= 0.3 is 0 Å². The molecule has 44 heavy (non-hydrogen) atoms. The van der Waals surface area contributed by atoms with Gasteiger partial charge in [0.05, 0.1) is 0 Å². The maximum atomic E-state index is 2.44. The van der Waals surface area contributed by atoms with E-state index in [4.69, 9.17) is 0 Å². The molecular formula is C44H28. The first kappa shape index (κ1) is 24.8. The molecule has 0 atom stereocenters. The normalized spacial score (nSPS) is 11.6. The Hall–Kier alpha value is -5.72. The predicted octanol–water partition coefficient (Wildman–Crippen LogP) is 12.3. The van der Waals surface area contributed by atoms with Crippen molar-refractivity contribution in [3.05, 3.63) is 170 Å². The Morgan fingerprint density at radius 1 is 0.227 bits per heavy atom. The fourth-order valence-corrected chi connectivity index (χ4v) is 7.18. The zero-order valence-corrected chi connectivity index (χ0v) is 24.2. The Balaban J connectivity index is 1.32. The molecule has 8 aromatic rings. The molecule has 0 saturated carbocycles. The van der Waals surface area contributed by atoms with Crippen molar-refractivity contribution >= 4 is 21.5 Å². The second-order valence-electron chi connectivity index (χ2n) is 11.7. The van der Waals surface area contributed by atoms with Crippen LogP contribution in [0, 0.1) is 0 Å². The van der Waals surface area contributed by atoms with E-state index in [9.17, 15) is 0 Å². The van der Waals surface area contributed by atoms with Gasteiger partial charge in [0.1, 0.15) is 0 Å². The average Bonchev–Trinajstić information content (AvgIpc) is 3.44. The van der Waals surface area contributed by atoms with Gasteiger partial charge in [-0.3, -0.25) is 0 Å². The van der Waals surface area contributed by atoms with E-state index in [2.05, 4.69) is 170 Å². The number of rotatable bonds is 4. The first-order valence-electron chi connectivity index (χ1n) is 15.3. The van der Waals surface area contributed by atoms with Gasteiger partial charge in [0.25, 0.3) is 0 Å². The lowest BCUT2D eigenvalue weighted by Crippen LogP contribution is -1.94. The van der Waals surface area contributed by atoms with Crippen LogP contribution < -0.4 is 0 Å². The third-order valence-corrected chi connectivity index (χ3v) is 9.20. The molecule has 0 fully saturated rings. The van der Waals surface area contributed by atoms with Gasteiger partial charge in [-0.2, -0.15) is 0 Å². The van der Waals surface area contributed by atoms with Gasteiger partial charge in [-0.25, -0.2) is 0 Å². The number of hydrogen-bond donors (Lipinski definition) is 0. The molecule has 9 rings (SSSR count). The second kappa shape index (κ2) is 9.93. The van der Waals surface area contributed by atoms with E-state index < -0.39 is 0 Å². The third-order valence-electron chi connectivity index (χ3n) is 9.20. The van der Waals surface area contributed by atoms with Crippen LogP contribution in [0.2, 0.25) is 0 Å². The first-order valence-corrected chi connectivity index (χ1v) is 15.3. The van der Waals surface area contributed by atoms with E-state index in [-0.39, 0.29) is 0 Å². The third kappa shape index (κ3) is 3.85. The highest BCUT2D eigenvalue weighted by molar-refractivity contribution is 6.22. The van der Waals surface area contributed by atoms with Crippen molar-refractivity contribution in [3.63, 3.8) is 0 Å². The Bertz CT molecular complexity index is 2340. The largest absolute Gasteiger partial charge is 0.0622 e. The molecule has 204 valence electrons. The zero-order valence-electron chi connectivity index (χ0n) is 24.2. The van der Waals surface area contributed by atoms with Gasteiger partial charge in [0.2, 0.25) is 0 Å². The van der Waals surface area contributed by atoms with Crippen LogP contribution in [0.5, 0.6) is 0 Å². The molecule has 1 aliphatic rings. The van der Waals surface area contributed by atoms with Gasteiger partial charge < -0.3 is 0 Å². The van der Waals surface area contributed by atoms with Gasteiger partial charge in [-0.15, -0.1) is 0 Å². The summed E-state index contributed by atoms with van der Waals surface area (Å²) in [5, 5.41) is 5.17. The fraction of sp³-hybridized carbons (Fsp3) is 0. The predicted molar refractivity (Wildman–Crippen MR) is 188 cm³/mol. The van der Waals surface area contributed by atoms with Crippen LogP contribution in [0.15, 0.2) is 170 Å². The molecule has 0 aromatic heterocycles. The molecule has 8 aromatic carbocycles. The van der Waals surface area contributed by atoms with E-state index in [1.54, 1.807) is 0 Å². The summed E-state index contributed by atoms with van der Waals surface area (Å²) in [4.78, 5) is 0. The van der Waals surface area contributed by atoms with E-state index in [1.165, 1.54) is 88.3 Å². The molecule has 0 spiro atoms. The summed E-state index contributed by atoms with van der Waals surface area (Å²) >= 11 is 0. The smallest absolute Gasteiger partial charge is 0.000764 e. The monoisotopic (exact) mass is 556 g/mol. The maximum Gasteiger partial charge on any atom is -0.000764 e. The van der Waals surface area contributed by atoms with Crippen LogP contribution in [-0.4, -0.2) is 0 Å². The summed E-state index contributed by atoms with van der Waals surface area (Å²) in [7, 11) is 0. The maximum absolute atomic E-state index is 2.44. The van der Waals surface area contributed by atoms with Crippen LogP contribution >= 0.6 is 0 Å². The molecule has 0 unspecified atom stereocenters. The Labute approximate surface area is 257 Å². The quantitative estimate of drug-likeness (QED) is 0.202. The van der Waals surface area contributed by atoms with Crippen molar-refractivity contribution in [2.24, 2.45) is 0 Å². The lowest BCUT2D eigenvalue weighted by Gasteiger charge is -2.21. The summed E-state index contributed by atoms with van der Waals surface area (Å²) in [6, 6.07) is 62.2. The van der Waals surface area contributed by atoms with Crippen molar-refractivity contribution in [2.45, 2.75) is 0 Å². The summed E-state index contributed by atoms with van der Waals surface area (Å²) in [5.41, 5.74) is 15.3. The van der Waals surface area contributed by atoms with Crippen LogP contribution in [0.4, 0.5) is 0 Å². The lowest BCUT2D eigenvalue weighted by atomic mass is 9.82. The highest BCUT2D eigenvalue weighted by atomic mass is 14.3. The highest BCUT2D eigenvalue weighted by Gasteiger charge is 2.30. The van der Waals surface area contributed by atoms with Crippen LogP contribution in [0.1, 0.15) is 0 Å². The van der Waals surface area contributed by atoms with Crippen molar-refractivity contribution in [1.82, 2.24) is 0 Å². The van der Waals surface area contributed by atoms with Gasteiger partial charge in [0, 0.05) is 0 Å². The number of benzene rings is 8. The first-order chi connectivity index (χ1) is 21.8. The molecule has 0 amide bonds. The molecule has 1 aliphatic carbocycles. The van der Waals surface area contributed by atoms with Crippen LogP contribution in [-0.2, 0) is 0 Å². The average molecular weight is 557 g/mol. The molecule has 0 heteroatoms. The van der Waals surface area contributed by atoms with E-state index in [0.29, 0.717) is 0 Å². The van der Waals surface area contributed by atoms with Crippen LogP contribution in [0.3, 0.4) is 0 Å². The van der Waals surface area contributed by atoms with Gasteiger partial charge in [-0.1, -0.05) is 158 Å². The van der Waals surface area contributed by atoms with Gasteiger partial charge in [0.15, 0.2) is 0 Å². The minimum atomic E-state index is 1.22. The summed E-state index contributed by atoms with van der Waals surface area (Å²) in [6.45, 7) is 0. The minimum absolute atomic E-state index is 1.22. The van der Waals surface area contributed by atoms with Crippen molar-refractivity contribution in [1.29, 1.82) is 0 Å². The van der Waals surface area contributed by atoms with Crippen molar-refractivity contribution in [2.75, 3.05) is 0 Å².